The molecule has 5 heteroatoms. The van der Waals surface area contributed by atoms with Crippen LogP contribution in [0.3, 0.4) is 0 Å². The van der Waals surface area contributed by atoms with Crippen molar-refractivity contribution < 1.29 is 25.2 Å². The molecule has 10 heavy (non-hydrogen) atoms. The molecule has 4 atom stereocenters. The van der Waals surface area contributed by atoms with Gasteiger partial charge in [0, 0.05) is 0 Å². The largest absolute Gasteiger partial charge is 0.388 e. The normalized spacial score (nSPS) is 49.2. The smallest absolute Gasteiger partial charge is 0.183 e. The number of hydrogen-bond donors (Lipinski definition) is 4. The van der Waals surface area contributed by atoms with E-state index in [1.54, 1.807) is 0 Å². The van der Waals surface area contributed by atoms with Crippen molar-refractivity contribution in [3.63, 3.8) is 0 Å². The Morgan fingerprint density at radius 2 is 1.60 bits per heavy atom. The highest BCUT2D eigenvalue weighted by molar-refractivity contribution is 4.81. The van der Waals surface area contributed by atoms with Crippen molar-refractivity contribution >= 4 is 0 Å². The van der Waals surface area contributed by atoms with Gasteiger partial charge < -0.3 is 25.2 Å². The fourth-order valence-electron chi connectivity index (χ4n) is 0.791. The van der Waals surface area contributed by atoms with Crippen molar-refractivity contribution in [1.29, 1.82) is 0 Å². The van der Waals surface area contributed by atoms with Gasteiger partial charge in [0.2, 0.25) is 0 Å². The van der Waals surface area contributed by atoms with E-state index in [1.165, 1.54) is 0 Å². The lowest BCUT2D eigenvalue weighted by molar-refractivity contribution is -0.252. The predicted octanol–water partition coefficient (Wildman–Crippen LogP) is -2.58. The number of hydrogen-bond acceptors (Lipinski definition) is 5. The van der Waals surface area contributed by atoms with Gasteiger partial charge >= 0.3 is 0 Å². The predicted molar refractivity (Wildman–Crippen MR) is 30.0 cm³/mol. The maximum Gasteiger partial charge on any atom is 0.183 e. The maximum atomic E-state index is 8.88. The first kappa shape index (κ1) is 7.90. The van der Waals surface area contributed by atoms with Crippen LogP contribution in [0, 0.1) is 0 Å². The molecule has 0 aromatic heterocycles. The van der Waals surface area contributed by atoms with Gasteiger partial charge in [0.05, 0.1) is 6.61 Å². The number of aliphatic hydroxyl groups excluding tert-OH is 4. The van der Waals surface area contributed by atoms with Crippen LogP contribution in [-0.4, -0.2) is 51.6 Å². The monoisotopic (exact) mass is 150 g/mol. The third kappa shape index (κ3) is 1.28. The Bertz CT molecular complexity index is 103. The Morgan fingerprint density at radius 3 is 2.10 bits per heavy atom. The zero-order valence-corrected chi connectivity index (χ0v) is 5.21. The van der Waals surface area contributed by atoms with Crippen LogP contribution in [0.5, 0.6) is 0 Å². The minimum atomic E-state index is -1.41. The molecule has 0 bridgehead atoms. The van der Waals surface area contributed by atoms with Crippen molar-refractivity contribution in [3.05, 3.63) is 0 Å². The third-order valence-corrected chi connectivity index (χ3v) is 1.47. The minimum absolute atomic E-state index is 0.153. The lowest BCUT2D eigenvalue weighted by Crippen LogP contribution is -2.52. The molecule has 0 aliphatic carbocycles. The van der Waals surface area contributed by atoms with E-state index in [0.717, 1.165) is 0 Å². The van der Waals surface area contributed by atoms with E-state index >= 15 is 0 Å². The summed E-state index contributed by atoms with van der Waals surface area (Å²) in [4.78, 5) is 0. The molecule has 1 fully saturated rings. The summed E-state index contributed by atoms with van der Waals surface area (Å²) in [7, 11) is 0. The fourth-order valence-corrected chi connectivity index (χ4v) is 0.791. The Morgan fingerprint density at radius 1 is 1.00 bits per heavy atom. The molecule has 1 aliphatic rings. The second kappa shape index (κ2) is 2.81. The van der Waals surface area contributed by atoms with Gasteiger partial charge in [-0.1, -0.05) is 0 Å². The van der Waals surface area contributed by atoms with E-state index in [2.05, 4.69) is 4.74 Å². The molecule has 4 N–H and O–H groups in total. The second-order valence-electron chi connectivity index (χ2n) is 2.27. The standard InChI is InChI=1S/C5H10O5/c6-2-1-10-5(9)4(8)3(2)7/h2-9H,1H2/t2?,3-,4?,5?/m0/s1. The number of ether oxygens (including phenoxy) is 1. The van der Waals surface area contributed by atoms with Gasteiger partial charge in [0.25, 0.3) is 0 Å². The van der Waals surface area contributed by atoms with Gasteiger partial charge in [0.1, 0.15) is 18.3 Å². The molecule has 3 unspecified atom stereocenters. The van der Waals surface area contributed by atoms with Crippen LogP contribution >= 0.6 is 0 Å². The highest BCUT2D eigenvalue weighted by atomic mass is 16.6. The fraction of sp³-hybridized carbons (Fsp3) is 1.00. The quantitative estimate of drug-likeness (QED) is 0.304. The van der Waals surface area contributed by atoms with E-state index in [9.17, 15) is 0 Å². The number of aliphatic hydroxyl groups is 4. The Labute approximate surface area is 57.5 Å². The minimum Gasteiger partial charge on any atom is -0.388 e. The second-order valence-corrected chi connectivity index (χ2v) is 2.27. The van der Waals surface area contributed by atoms with E-state index < -0.39 is 24.6 Å². The van der Waals surface area contributed by atoms with E-state index in [4.69, 9.17) is 20.4 Å². The van der Waals surface area contributed by atoms with Crippen LogP contribution in [0.15, 0.2) is 0 Å². The van der Waals surface area contributed by atoms with Crippen molar-refractivity contribution in [3.8, 4) is 0 Å². The van der Waals surface area contributed by atoms with E-state index in [-0.39, 0.29) is 6.61 Å². The summed E-state index contributed by atoms with van der Waals surface area (Å²) in [6, 6.07) is 0. The van der Waals surface area contributed by atoms with Crippen LogP contribution in [0.1, 0.15) is 0 Å². The highest BCUT2D eigenvalue weighted by Crippen LogP contribution is 2.12. The van der Waals surface area contributed by atoms with Crippen molar-refractivity contribution in [2.45, 2.75) is 24.6 Å². The van der Waals surface area contributed by atoms with Crippen LogP contribution < -0.4 is 0 Å². The third-order valence-electron chi connectivity index (χ3n) is 1.47. The zero-order valence-electron chi connectivity index (χ0n) is 5.21. The lowest BCUT2D eigenvalue weighted by Gasteiger charge is -2.31. The average molecular weight is 150 g/mol. The molecule has 0 spiro atoms. The summed E-state index contributed by atoms with van der Waals surface area (Å²) < 4.78 is 4.47. The summed E-state index contributed by atoms with van der Waals surface area (Å²) in [5.41, 5.74) is 0. The Balaban J connectivity index is 2.52. The zero-order chi connectivity index (χ0) is 7.72. The highest BCUT2D eigenvalue weighted by Gasteiger charge is 2.36. The molecule has 1 heterocycles. The molecule has 60 valence electrons. The van der Waals surface area contributed by atoms with E-state index in [1.807, 2.05) is 0 Å². The van der Waals surface area contributed by atoms with E-state index in [0.29, 0.717) is 0 Å². The summed E-state index contributed by atoms with van der Waals surface area (Å²) in [5, 5.41) is 35.3. The van der Waals surface area contributed by atoms with Gasteiger partial charge in [-0.2, -0.15) is 0 Å². The topological polar surface area (TPSA) is 90.2 Å². The first-order valence-electron chi connectivity index (χ1n) is 2.97. The van der Waals surface area contributed by atoms with Crippen molar-refractivity contribution in [1.82, 2.24) is 0 Å². The first-order chi connectivity index (χ1) is 4.63. The summed E-state index contributed by atoms with van der Waals surface area (Å²) >= 11 is 0. The van der Waals surface area contributed by atoms with Crippen LogP contribution in [0.4, 0.5) is 0 Å². The molecule has 0 aromatic carbocycles. The molecule has 1 saturated heterocycles. The summed E-state index contributed by atoms with van der Waals surface area (Å²) in [6.07, 6.45) is -5.23. The van der Waals surface area contributed by atoms with Crippen LogP contribution in [0.25, 0.3) is 0 Å². The summed E-state index contributed by atoms with van der Waals surface area (Å²) in [5.74, 6) is 0. The molecule has 0 saturated carbocycles. The van der Waals surface area contributed by atoms with Gasteiger partial charge in [0.15, 0.2) is 6.29 Å². The molecule has 5 nitrogen and oxygen atoms in total. The molecular weight excluding hydrogens is 140 g/mol. The molecule has 0 amide bonds. The van der Waals surface area contributed by atoms with Crippen molar-refractivity contribution in [2.75, 3.05) is 6.61 Å². The molecule has 0 aromatic rings. The number of rotatable bonds is 0. The molecule has 1 rings (SSSR count). The van der Waals surface area contributed by atoms with Crippen LogP contribution in [-0.2, 0) is 4.74 Å². The maximum absolute atomic E-state index is 8.88. The molecular formula is C5H10O5. The van der Waals surface area contributed by atoms with Crippen LogP contribution in [0.2, 0.25) is 0 Å². The SMILES string of the molecule is OC1OCC(O)[C@H](O)C1O. The molecule has 1 aliphatic heterocycles. The Kier molecular flexibility index (Phi) is 2.22. The average Bonchev–Trinajstić information content (AvgIpc) is 1.93. The summed E-state index contributed by atoms with van der Waals surface area (Å²) in [6.45, 7) is -0.153. The van der Waals surface area contributed by atoms with Crippen molar-refractivity contribution in [2.24, 2.45) is 0 Å². The Hall–Kier alpha value is -0.200. The first-order valence-corrected chi connectivity index (χ1v) is 2.97. The van der Waals surface area contributed by atoms with Gasteiger partial charge in [-0.05, 0) is 0 Å². The lowest BCUT2D eigenvalue weighted by atomic mass is 10.1. The van der Waals surface area contributed by atoms with Gasteiger partial charge in [-0.15, -0.1) is 0 Å². The van der Waals surface area contributed by atoms with Gasteiger partial charge in [-0.25, -0.2) is 0 Å². The molecule has 0 radical (unpaired) electrons. The van der Waals surface area contributed by atoms with Gasteiger partial charge in [-0.3, -0.25) is 0 Å².